The van der Waals surface area contributed by atoms with Gasteiger partial charge in [-0.15, -0.1) is 0 Å². The zero-order valence-corrected chi connectivity index (χ0v) is 15.4. The molecule has 0 radical (unpaired) electrons. The van der Waals surface area contributed by atoms with E-state index in [0.717, 1.165) is 37.9 Å². The summed E-state index contributed by atoms with van der Waals surface area (Å²) in [5, 5.41) is 3.16. The van der Waals surface area contributed by atoms with Gasteiger partial charge in [-0.2, -0.15) is 0 Å². The Hall–Kier alpha value is -1.60. The quantitative estimate of drug-likeness (QED) is 0.876. The van der Waals surface area contributed by atoms with E-state index in [4.69, 9.17) is 4.74 Å². The van der Waals surface area contributed by atoms with E-state index in [0.29, 0.717) is 24.7 Å². The van der Waals surface area contributed by atoms with E-state index in [-0.39, 0.29) is 17.9 Å². The van der Waals surface area contributed by atoms with Crippen molar-refractivity contribution in [2.45, 2.75) is 36.6 Å². The summed E-state index contributed by atoms with van der Waals surface area (Å²) in [7, 11) is -3.18. The molecule has 2 heterocycles. The van der Waals surface area contributed by atoms with Crippen molar-refractivity contribution in [2.75, 3.05) is 37.5 Å². The Bertz CT molecular complexity index is 696. The minimum Gasteiger partial charge on any atom is -0.381 e. The van der Waals surface area contributed by atoms with Crippen LogP contribution in [0.1, 0.15) is 25.7 Å². The van der Waals surface area contributed by atoms with Crippen molar-refractivity contribution in [3.63, 3.8) is 0 Å². The van der Waals surface area contributed by atoms with Gasteiger partial charge >= 0.3 is 0 Å². The van der Waals surface area contributed by atoms with Gasteiger partial charge < -0.3 is 15.0 Å². The molecule has 1 aromatic carbocycles. The van der Waals surface area contributed by atoms with E-state index in [9.17, 15) is 13.2 Å². The lowest BCUT2D eigenvalue weighted by Gasteiger charge is -2.35. The van der Waals surface area contributed by atoms with Crippen LogP contribution in [0.4, 0.5) is 5.69 Å². The maximum atomic E-state index is 12.6. The van der Waals surface area contributed by atoms with Crippen LogP contribution in [0, 0.1) is 5.92 Å². The van der Waals surface area contributed by atoms with Crippen LogP contribution in [0.3, 0.4) is 0 Å². The molecule has 25 heavy (non-hydrogen) atoms. The van der Waals surface area contributed by atoms with Crippen molar-refractivity contribution in [3.05, 3.63) is 24.3 Å². The molecule has 2 saturated heterocycles. The van der Waals surface area contributed by atoms with Gasteiger partial charge in [0.15, 0.2) is 9.84 Å². The van der Waals surface area contributed by atoms with Crippen LogP contribution in [-0.2, 0) is 19.4 Å². The number of rotatable bonds is 4. The van der Waals surface area contributed by atoms with Crippen LogP contribution in [-0.4, -0.2) is 52.9 Å². The first-order valence-corrected chi connectivity index (χ1v) is 10.8. The lowest BCUT2D eigenvalue weighted by atomic mass is 9.95. The highest BCUT2D eigenvalue weighted by Gasteiger charge is 2.28. The normalized spacial score (nSPS) is 22.6. The Morgan fingerprint density at radius 1 is 1.16 bits per heavy atom. The number of carbonyl (C=O) groups excluding carboxylic acids is 1. The first-order valence-electron chi connectivity index (χ1n) is 8.86. The van der Waals surface area contributed by atoms with E-state index in [1.165, 1.54) is 6.26 Å². The molecular formula is C18H26N2O4S. The van der Waals surface area contributed by atoms with Crippen LogP contribution < -0.4 is 10.2 Å². The minimum absolute atomic E-state index is 0.0221. The summed E-state index contributed by atoms with van der Waals surface area (Å²) in [4.78, 5) is 15.1. The highest BCUT2D eigenvalue weighted by Crippen LogP contribution is 2.25. The molecule has 6 nitrogen and oxygen atoms in total. The molecule has 7 heteroatoms. The molecule has 1 N–H and O–H groups in total. The van der Waals surface area contributed by atoms with Crippen molar-refractivity contribution in [3.8, 4) is 0 Å². The molecular weight excluding hydrogens is 340 g/mol. The molecule has 2 aliphatic heterocycles. The lowest BCUT2D eigenvalue weighted by Crippen LogP contribution is -2.47. The Balaban J connectivity index is 1.61. The average Bonchev–Trinajstić information content (AvgIpc) is 2.62. The summed E-state index contributed by atoms with van der Waals surface area (Å²) >= 11 is 0. The Labute approximate surface area is 149 Å². The van der Waals surface area contributed by atoms with Crippen LogP contribution in [0.15, 0.2) is 29.2 Å². The third-order valence-electron chi connectivity index (χ3n) is 4.99. The van der Waals surface area contributed by atoms with Gasteiger partial charge in [-0.25, -0.2) is 8.42 Å². The second-order valence-corrected chi connectivity index (χ2v) is 8.96. The molecule has 0 bridgehead atoms. The van der Waals surface area contributed by atoms with Crippen molar-refractivity contribution < 1.29 is 17.9 Å². The number of hydrogen-bond acceptors (Lipinski definition) is 5. The van der Waals surface area contributed by atoms with Crippen LogP contribution in [0.2, 0.25) is 0 Å². The fraction of sp³-hybridized carbons (Fsp3) is 0.611. The van der Waals surface area contributed by atoms with Crippen molar-refractivity contribution in [2.24, 2.45) is 5.92 Å². The van der Waals surface area contributed by atoms with E-state index in [2.05, 4.69) is 10.2 Å². The third kappa shape index (κ3) is 4.73. The molecule has 1 aromatic rings. The topological polar surface area (TPSA) is 75.7 Å². The second-order valence-electron chi connectivity index (χ2n) is 6.95. The Morgan fingerprint density at radius 3 is 2.48 bits per heavy atom. The molecule has 0 aromatic heterocycles. The zero-order valence-electron chi connectivity index (χ0n) is 14.6. The summed E-state index contributed by atoms with van der Waals surface area (Å²) in [5.74, 6) is 0.107. The summed E-state index contributed by atoms with van der Waals surface area (Å²) < 4.78 is 28.5. The van der Waals surface area contributed by atoms with Crippen LogP contribution >= 0.6 is 0 Å². The predicted molar refractivity (Wildman–Crippen MR) is 96.5 cm³/mol. The number of nitrogens with one attached hydrogen (secondary N) is 1. The number of amides is 1. The standard InChI is InChI=1S/C18H26N2O4S/c1-25(22,23)17-6-4-16(5-7-17)20-10-2-3-14(13-20)18(21)19-15-8-11-24-12-9-15/h4-7,14-15H,2-3,8-13H2,1H3,(H,19,21). The van der Waals surface area contributed by atoms with Gasteiger partial charge in [-0.05, 0) is 49.9 Å². The maximum Gasteiger partial charge on any atom is 0.225 e. The number of carbonyl (C=O) groups is 1. The number of ether oxygens (including phenoxy) is 1. The van der Waals surface area contributed by atoms with Crippen molar-refractivity contribution in [1.29, 1.82) is 0 Å². The summed E-state index contributed by atoms with van der Waals surface area (Å²) in [5.41, 5.74) is 0.968. The fourth-order valence-electron chi connectivity index (χ4n) is 3.49. The molecule has 0 spiro atoms. The predicted octanol–water partition coefficient (Wildman–Crippen LogP) is 1.60. The monoisotopic (exact) mass is 366 g/mol. The summed E-state index contributed by atoms with van der Waals surface area (Å²) in [6.07, 6.45) is 4.83. The molecule has 2 fully saturated rings. The first-order chi connectivity index (χ1) is 11.9. The van der Waals surface area contributed by atoms with Crippen LogP contribution in [0.5, 0.6) is 0 Å². The van der Waals surface area contributed by atoms with E-state index in [1.54, 1.807) is 12.1 Å². The lowest BCUT2D eigenvalue weighted by molar-refractivity contribution is -0.126. The van der Waals surface area contributed by atoms with Gasteiger partial charge in [0, 0.05) is 44.3 Å². The average molecular weight is 366 g/mol. The highest BCUT2D eigenvalue weighted by molar-refractivity contribution is 7.90. The summed E-state index contributed by atoms with van der Waals surface area (Å²) in [6.45, 7) is 3.00. The molecule has 1 atom stereocenters. The molecule has 1 unspecified atom stereocenters. The molecule has 1 amide bonds. The van der Waals surface area contributed by atoms with E-state index >= 15 is 0 Å². The second kappa shape index (κ2) is 7.74. The highest BCUT2D eigenvalue weighted by atomic mass is 32.2. The van der Waals surface area contributed by atoms with Crippen molar-refractivity contribution in [1.82, 2.24) is 5.32 Å². The summed E-state index contributed by atoms with van der Waals surface area (Å²) in [6, 6.07) is 7.16. The van der Waals surface area contributed by atoms with Crippen LogP contribution in [0.25, 0.3) is 0 Å². The third-order valence-corrected chi connectivity index (χ3v) is 6.12. The van der Waals surface area contributed by atoms with Gasteiger partial charge in [0.25, 0.3) is 0 Å². The number of nitrogens with zero attached hydrogens (tertiary/aromatic N) is 1. The van der Waals surface area contributed by atoms with Gasteiger partial charge in [0.2, 0.25) is 5.91 Å². The number of benzene rings is 1. The smallest absolute Gasteiger partial charge is 0.225 e. The Morgan fingerprint density at radius 2 is 1.84 bits per heavy atom. The largest absolute Gasteiger partial charge is 0.381 e. The molecule has 0 saturated carbocycles. The van der Waals surface area contributed by atoms with Gasteiger partial charge in [0.1, 0.15) is 0 Å². The van der Waals surface area contributed by atoms with Gasteiger partial charge in [-0.3, -0.25) is 4.79 Å². The molecule has 3 rings (SSSR count). The SMILES string of the molecule is CS(=O)(=O)c1ccc(N2CCCC(C(=O)NC3CCOCC3)C2)cc1. The van der Waals surface area contributed by atoms with Gasteiger partial charge in [0.05, 0.1) is 10.8 Å². The minimum atomic E-state index is -3.18. The Kier molecular flexibility index (Phi) is 5.64. The zero-order chi connectivity index (χ0) is 17.9. The number of anilines is 1. The van der Waals surface area contributed by atoms with E-state index < -0.39 is 9.84 Å². The van der Waals surface area contributed by atoms with E-state index in [1.807, 2.05) is 12.1 Å². The number of sulfone groups is 1. The van der Waals surface area contributed by atoms with Crippen molar-refractivity contribution >= 4 is 21.4 Å². The maximum absolute atomic E-state index is 12.6. The molecule has 2 aliphatic rings. The number of piperidine rings is 1. The molecule has 0 aliphatic carbocycles. The first kappa shape index (κ1) is 18.2. The number of hydrogen-bond donors (Lipinski definition) is 1. The molecule has 138 valence electrons. The fourth-order valence-corrected chi connectivity index (χ4v) is 4.12. The van der Waals surface area contributed by atoms with Gasteiger partial charge in [-0.1, -0.05) is 0 Å².